The molecule has 3 aromatic rings. The highest BCUT2D eigenvalue weighted by atomic mass is 35.5. The summed E-state index contributed by atoms with van der Waals surface area (Å²) in [5, 5.41) is 27.1. The topological polar surface area (TPSA) is 132 Å². The number of urea groups is 2. The van der Waals surface area contributed by atoms with Gasteiger partial charge in [0.25, 0.3) is 0 Å². The first-order valence-electron chi connectivity index (χ1n) is 12.5. The Morgan fingerprint density at radius 3 is 2.49 bits per heavy atom. The Morgan fingerprint density at radius 2 is 1.74 bits per heavy atom. The number of nitrogens with one attached hydrogen (secondary N) is 3. The van der Waals surface area contributed by atoms with Crippen molar-refractivity contribution in [1.82, 2.24) is 4.90 Å². The molecule has 0 fully saturated rings. The van der Waals surface area contributed by atoms with E-state index in [1.807, 2.05) is 31.2 Å². The maximum atomic E-state index is 12.9. The number of benzene rings is 3. The average Bonchev–Trinajstić information content (AvgIpc) is 2.93. The van der Waals surface area contributed by atoms with Crippen LogP contribution in [0.15, 0.2) is 60.7 Å². The molecule has 0 radical (unpaired) electrons. The van der Waals surface area contributed by atoms with Gasteiger partial charge in [0.2, 0.25) is 0 Å². The van der Waals surface area contributed by atoms with Crippen molar-refractivity contribution < 1.29 is 29.3 Å². The number of aliphatic hydroxyl groups is 2. The van der Waals surface area contributed by atoms with Gasteiger partial charge in [0.1, 0.15) is 24.2 Å². The first-order chi connectivity index (χ1) is 18.8. The predicted molar refractivity (Wildman–Crippen MR) is 150 cm³/mol. The fourth-order valence-electron chi connectivity index (χ4n) is 4.05. The highest BCUT2D eigenvalue weighted by Gasteiger charge is 2.22. The number of aliphatic hydroxyl groups excluding tert-OH is 2. The van der Waals surface area contributed by atoms with E-state index in [0.29, 0.717) is 54.7 Å². The summed E-state index contributed by atoms with van der Waals surface area (Å²) >= 11 is 6.30. The van der Waals surface area contributed by atoms with Crippen LogP contribution in [0.1, 0.15) is 18.1 Å². The molecule has 206 valence electrons. The van der Waals surface area contributed by atoms with Crippen LogP contribution in [-0.4, -0.2) is 59.6 Å². The molecule has 0 bridgehead atoms. The zero-order valence-electron chi connectivity index (χ0n) is 21.4. The van der Waals surface area contributed by atoms with Crippen LogP contribution in [0.5, 0.6) is 11.5 Å². The number of fused-ring (bicyclic) bond motifs is 1. The van der Waals surface area contributed by atoms with Gasteiger partial charge in [0.15, 0.2) is 0 Å². The van der Waals surface area contributed by atoms with Gasteiger partial charge in [0.05, 0.1) is 23.9 Å². The number of carbonyl (C=O) groups is 2. The van der Waals surface area contributed by atoms with Crippen LogP contribution in [0.4, 0.5) is 26.7 Å². The van der Waals surface area contributed by atoms with E-state index in [1.54, 1.807) is 35.2 Å². The minimum atomic E-state index is -0.988. The van der Waals surface area contributed by atoms with Gasteiger partial charge in [-0.3, -0.25) is 0 Å². The van der Waals surface area contributed by atoms with Gasteiger partial charge in [-0.2, -0.15) is 0 Å². The summed E-state index contributed by atoms with van der Waals surface area (Å²) in [6.45, 7) is 2.87. The molecule has 0 aliphatic carbocycles. The molecule has 0 saturated heterocycles. The molecule has 0 spiro atoms. The minimum Gasteiger partial charge on any atom is -0.494 e. The molecule has 1 unspecified atom stereocenters. The van der Waals surface area contributed by atoms with Crippen molar-refractivity contribution in [1.29, 1.82) is 0 Å². The standard InChI is InChI=1S/C28H31ClN4O6/c1-2-38-23-5-3-4-20(13-23)30-27(36)31-21-7-6-19-15-33(11-10-18(19)12-21)28(37)32-26-9-8-24(14-25(26)29)39-17-22(35)16-34/h3-9,12-14,22,34-35H,2,10-11,15-17H2,1H3,(H,32,37)(H2,30,31,36). The van der Waals surface area contributed by atoms with E-state index in [-0.39, 0.29) is 23.7 Å². The molecule has 1 atom stereocenters. The fraction of sp³-hybridized carbons (Fsp3) is 0.286. The Balaban J connectivity index is 1.31. The molecule has 39 heavy (non-hydrogen) atoms. The van der Waals surface area contributed by atoms with Gasteiger partial charge in [-0.05, 0) is 60.9 Å². The van der Waals surface area contributed by atoms with E-state index in [2.05, 4.69) is 16.0 Å². The molecule has 4 amide bonds. The quantitative estimate of drug-likeness (QED) is 0.260. The third-order valence-corrected chi connectivity index (χ3v) is 6.31. The van der Waals surface area contributed by atoms with Gasteiger partial charge in [-0.1, -0.05) is 23.7 Å². The predicted octanol–water partition coefficient (Wildman–Crippen LogP) is 4.70. The van der Waals surface area contributed by atoms with Gasteiger partial charge in [0, 0.05) is 36.6 Å². The van der Waals surface area contributed by atoms with Gasteiger partial charge >= 0.3 is 12.1 Å². The van der Waals surface area contributed by atoms with Crippen molar-refractivity contribution in [2.45, 2.75) is 26.0 Å². The number of nitrogens with zero attached hydrogens (tertiary/aromatic N) is 1. The zero-order valence-corrected chi connectivity index (χ0v) is 22.2. The number of hydrogen-bond donors (Lipinski definition) is 5. The molecule has 11 heteroatoms. The third kappa shape index (κ3) is 7.76. The monoisotopic (exact) mass is 554 g/mol. The number of halogens is 1. The number of hydrogen-bond acceptors (Lipinski definition) is 6. The number of ether oxygens (including phenoxy) is 2. The van der Waals surface area contributed by atoms with Crippen molar-refractivity contribution in [3.05, 3.63) is 76.8 Å². The Kier molecular flexibility index (Phi) is 9.48. The summed E-state index contributed by atoms with van der Waals surface area (Å²) < 4.78 is 10.8. The van der Waals surface area contributed by atoms with Crippen LogP contribution in [0.3, 0.4) is 0 Å². The summed E-state index contributed by atoms with van der Waals surface area (Å²) in [7, 11) is 0. The van der Waals surface area contributed by atoms with E-state index < -0.39 is 12.7 Å². The van der Waals surface area contributed by atoms with Crippen molar-refractivity contribution in [2.24, 2.45) is 0 Å². The molecule has 1 heterocycles. The normalized spacial score (nSPS) is 13.2. The smallest absolute Gasteiger partial charge is 0.323 e. The summed E-state index contributed by atoms with van der Waals surface area (Å²) in [6, 6.07) is 16.9. The lowest BCUT2D eigenvalue weighted by atomic mass is 9.99. The lowest BCUT2D eigenvalue weighted by Gasteiger charge is -2.29. The van der Waals surface area contributed by atoms with Crippen molar-refractivity contribution in [3.8, 4) is 11.5 Å². The molecule has 1 aliphatic rings. The molecule has 0 saturated carbocycles. The third-order valence-electron chi connectivity index (χ3n) is 6.00. The van der Waals surface area contributed by atoms with E-state index in [4.69, 9.17) is 26.2 Å². The second-order valence-electron chi connectivity index (χ2n) is 8.91. The number of carbonyl (C=O) groups excluding carboxylic acids is 2. The lowest BCUT2D eigenvalue weighted by molar-refractivity contribution is 0.0536. The second-order valence-corrected chi connectivity index (χ2v) is 9.32. The van der Waals surface area contributed by atoms with Crippen LogP contribution in [-0.2, 0) is 13.0 Å². The van der Waals surface area contributed by atoms with Crippen LogP contribution in [0.25, 0.3) is 0 Å². The average molecular weight is 555 g/mol. The Hall–Kier alpha value is -3.99. The lowest BCUT2D eigenvalue weighted by Crippen LogP contribution is -2.39. The second kappa shape index (κ2) is 13.2. The molecule has 0 aromatic heterocycles. The molecular weight excluding hydrogens is 524 g/mol. The van der Waals surface area contributed by atoms with Gasteiger partial charge in [-0.25, -0.2) is 9.59 Å². The Bertz CT molecular complexity index is 1320. The zero-order chi connectivity index (χ0) is 27.8. The number of amides is 4. The van der Waals surface area contributed by atoms with E-state index in [9.17, 15) is 14.7 Å². The molecule has 1 aliphatic heterocycles. The molecule has 5 N–H and O–H groups in total. The molecule has 10 nitrogen and oxygen atoms in total. The van der Waals surface area contributed by atoms with Crippen molar-refractivity contribution in [3.63, 3.8) is 0 Å². The van der Waals surface area contributed by atoms with Crippen LogP contribution < -0.4 is 25.4 Å². The van der Waals surface area contributed by atoms with Crippen LogP contribution in [0, 0.1) is 0 Å². The van der Waals surface area contributed by atoms with E-state index in [0.717, 1.165) is 11.1 Å². The highest BCUT2D eigenvalue weighted by molar-refractivity contribution is 6.33. The maximum absolute atomic E-state index is 12.9. The number of anilines is 3. The summed E-state index contributed by atoms with van der Waals surface area (Å²) in [6.07, 6.45) is -0.359. The summed E-state index contributed by atoms with van der Waals surface area (Å²) in [4.78, 5) is 27.1. The molecular formula is C28H31ClN4O6. The first kappa shape index (κ1) is 28.0. The largest absolute Gasteiger partial charge is 0.494 e. The maximum Gasteiger partial charge on any atom is 0.323 e. The van der Waals surface area contributed by atoms with Crippen molar-refractivity contribution >= 4 is 40.7 Å². The van der Waals surface area contributed by atoms with E-state index >= 15 is 0 Å². The van der Waals surface area contributed by atoms with Gasteiger partial charge < -0.3 is 40.5 Å². The fourth-order valence-corrected chi connectivity index (χ4v) is 4.27. The van der Waals surface area contributed by atoms with Crippen LogP contribution >= 0.6 is 11.6 Å². The molecule has 4 rings (SSSR count). The van der Waals surface area contributed by atoms with Crippen LogP contribution in [0.2, 0.25) is 5.02 Å². The molecule has 3 aromatic carbocycles. The first-order valence-corrected chi connectivity index (χ1v) is 12.9. The highest BCUT2D eigenvalue weighted by Crippen LogP contribution is 2.28. The number of rotatable bonds is 9. The minimum absolute atomic E-state index is 0.0734. The Morgan fingerprint density at radius 1 is 0.974 bits per heavy atom. The van der Waals surface area contributed by atoms with E-state index in [1.165, 1.54) is 6.07 Å². The van der Waals surface area contributed by atoms with Crippen molar-refractivity contribution in [2.75, 3.05) is 42.3 Å². The SMILES string of the molecule is CCOc1cccc(NC(=O)Nc2ccc3c(c2)CCN(C(=O)Nc2ccc(OCC(O)CO)cc2Cl)C3)c1. The van der Waals surface area contributed by atoms with Gasteiger partial charge in [-0.15, -0.1) is 0 Å². The summed E-state index contributed by atoms with van der Waals surface area (Å²) in [5.74, 6) is 1.09. The Labute approximate surface area is 231 Å². The summed E-state index contributed by atoms with van der Waals surface area (Å²) in [5.41, 5.74) is 3.76.